The van der Waals surface area contributed by atoms with Crippen LogP contribution in [0, 0.1) is 0 Å². The van der Waals surface area contributed by atoms with Gasteiger partial charge in [0.1, 0.15) is 24.4 Å². The van der Waals surface area contributed by atoms with Crippen LogP contribution in [0.5, 0.6) is 0 Å². The molecule has 4 atom stereocenters. The van der Waals surface area contributed by atoms with E-state index in [4.69, 9.17) is 18.9 Å². The molecular weight excluding hydrogens is 160 g/mol. The van der Waals surface area contributed by atoms with Crippen LogP contribution in [0.2, 0.25) is 0 Å². The van der Waals surface area contributed by atoms with E-state index in [1.165, 1.54) is 0 Å². The highest BCUT2D eigenvalue weighted by Gasteiger charge is 2.48. The van der Waals surface area contributed by atoms with E-state index < -0.39 is 0 Å². The van der Waals surface area contributed by atoms with Crippen molar-refractivity contribution in [3.8, 4) is 0 Å². The number of methoxy groups -OCH3 is 2. The predicted octanol–water partition coefficient (Wildman–Crippen LogP) is -0.186. The van der Waals surface area contributed by atoms with E-state index in [0.717, 1.165) is 0 Å². The van der Waals surface area contributed by atoms with E-state index in [9.17, 15) is 0 Å². The molecular formula is C8H14O4. The van der Waals surface area contributed by atoms with Gasteiger partial charge in [-0.25, -0.2) is 0 Å². The quantitative estimate of drug-likeness (QED) is 0.581. The molecule has 0 aromatic rings. The fraction of sp³-hybridized carbons (Fsp3) is 1.00. The van der Waals surface area contributed by atoms with E-state index in [-0.39, 0.29) is 24.4 Å². The van der Waals surface area contributed by atoms with Crippen molar-refractivity contribution in [3.05, 3.63) is 0 Å². The van der Waals surface area contributed by atoms with Crippen molar-refractivity contribution in [2.45, 2.75) is 24.4 Å². The minimum Gasteiger partial charge on any atom is -0.376 e. The molecule has 0 saturated carbocycles. The summed E-state index contributed by atoms with van der Waals surface area (Å²) in [6, 6.07) is 0. The third-order valence-corrected chi connectivity index (χ3v) is 2.57. The Morgan fingerprint density at radius 2 is 1.33 bits per heavy atom. The van der Waals surface area contributed by atoms with Crippen LogP contribution in [0.15, 0.2) is 0 Å². The highest BCUT2D eigenvalue weighted by atomic mass is 16.6. The van der Waals surface area contributed by atoms with Crippen molar-refractivity contribution < 1.29 is 18.9 Å². The molecule has 0 bridgehead atoms. The van der Waals surface area contributed by atoms with Gasteiger partial charge in [0.05, 0.1) is 13.2 Å². The lowest BCUT2D eigenvalue weighted by Gasteiger charge is -2.14. The topological polar surface area (TPSA) is 36.9 Å². The van der Waals surface area contributed by atoms with Crippen molar-refractivity contribution in [3.63, 3.8) is 0 Å². The molecule has 4 nitrogen and oxygen atoms in total. The van der Waals surface area contributed by atoms with Crippen molar-refractivity contribution in [2.24, 2.45) is 0 Å². The molecule has 2 fully saturated rings. The zero-order valence-electron chi connectivity index (χ0n) is 7.36. The summed E-state index contributed by atoms with van der Waals surface area (Å²) in [4.78, 5) is 0. The van der Waals surface area contributed by atoms with Crippen LogP contribution in [-0.2, 0) is 18.9 Å². The summed E-state index contributed by atoms with van der Waals surface area (Å²) in [5, 5.41) is 0. The second-order valence-corrected chi connectivity index (χ2v) is 3.14. The first-order valence-electron chi connectivity index (χ1n) is 4.15. The third-order valence-electron chi connectivity index (χ3n) is 2.57. The van der Waals surface area contributed by atoms with E-state index in [1.54, 1.807) is 14.2 Å². The van der Waals surface area contributed by atoms with Gasteiger partial charge < -0.3 is 18.9 Å². The number of rotatable bonds is 2. The lowest BCUT2D eigenvalue weighted by atomic mass is 10.1. The van der Waals surface area contributed by atoms with Crippen LogP contribution in [0.3, 0.4) is 0 Å². The molecule has 1 unspecified atom stereocenters. The summed E-state index contributed by atoms with van der Waals surface area (Å²) in [5.74, 6) is 0. The van der Waals surface area contributed by atoms with Gasteiger partial charge in [-0.05, 0) is 0 Å². The van der Waals surface area contributed by atoms with Crippen molar-refractivity contribution >= 4 is 0 Å². The first-order valence-corrected chi connectivity index (χ1v) is 4.15. The Morgan fingerprint density at radius 3 is 1.67 bits per heavy atom. The zero-order chi connectivity index (χ0) is 8.55. The molecule has 2 aliphatic rings. The monoisotopic (exact) mass is 174 g/mol. The Labute approximate surface area is 71.7 Å². The lowest BCUT2D eigenvalue weighted by molar-refractivity contribution is -0.0267. The second-order valence-electron chi connectivity index (χ2n) is 3.14. The molecule has 2 heterocycles. The molecule has 2 saturated heterocycles. The van der Waals surface area contributed by atoms with Gasteiger partial charge in [-0.3, -0.25) is 0 Å². The highest BCUT2D eigenvalue weighted by Crippen LogP contribution is 2.29. The van der Waals surface area contributed by atoms with Crippen molar-refractivity contribution in [2.75, 3.05) is 27.4 Å². The SMILES string of the molecule is CO[C@H]1CO[C@H]2C1OC[C@@H]2OC. The largest absolute Gasteiger partial charge is 0.376 e. The summed E-state index contributed by atoms with van der Waals surface area (Å²) in [7, 11) is 3.36. The Hall–Kier alpha value is -0.160. The van der Waals surface area contributed by atoms with E-state index in [1.807, 2.05) is 0 Å². The molecule has 0 amide bonds. The van der Waals surface area contributed by atoms with Gasteiger partial charge in [0.25, 0.3) is 0 Å². The van der Waals surface area contributed by atoms with Gasteiger partial charge in [0, 0.05) is 14.2 Å². The molecule has 2 aliphatic heterocycles. The first kappa shape index (κ1) is 8.44. The zero-order valence-corrected chi connectivity index (χ0v) is 7.36. The molecule has 0 aromatic heterocycles. The maximum atomic E-state index is 5.51. The molecule has 0 spiro atoms. The standard InChI is InChI=1S/C8H14O4/c1-9-5-3-11-8-6(10-2)4-12-7(5)8/h5-8H,3-4H2,1-2H3/t5-,6-,7+,8?/m0/s1. The van der Waals surface area contributed by atoms with Crippen molar-refractivity contribution in [1.29, 1.82) is 0 Å². The maximum Gasteiger partial charge on any atom is 0.115 e. The Morgan fingerprint density at radius 1 is 0.917 bits per heavy atom. The van der Waals surface area contributed by atoms with Gasteiger partial charge >= 0.3 is 0 Å². The van der Waals surface area contributed by atoms with Crippen LogP contribution in [0.1, 0.15) is 0 Å². The fourth-order valence-corrected chi connectivity index (χ4v) is 1.83. The first-order chi connectivity index (χ1) is 5.86. The summed E-state index contributed by atoms with van der Waals surface area (Å²) in [6.07, 6.45) is 0.296. The average molecular weight is 174 g/mol. The number of fused-ring (bicyclic) bond motifs is 1. The summed E-state index contributed by atoms with van der Waals surface area (Å²) >= 11 is 0. The number of ether oxygens (including phenoxy) is 4. The van der Waals surface area contributed by atoms with Gasteiger partial charge in [-0.15, -0.1) is 0 Å². The van der Waals surface area contributed by atoms with Gasteiger partial charge in [-0.2, -0.15) is 0 Å². The maximum absolute atomic E-state index is 5.51. The van der Waals surface area contributed by atoms with Crippen molar-refractivity contribution in [1.82, 2.24) is 0 Å². The van der Waals surface area contributed by atoms with Gasteiger partial charge in [0.2, 0.25) is 0 Å². The Bertz CT molecular complexity index is 143. The molecule has 4 heteroatoms. The minimum absolute atomic E-state index is 0.0694. The molecule has 0 aliphatic carbocycles. The molecule has 2 rings (SSSR count). The van der Waals surface area contributed by atoms with E-state index >= 15 is 0 Å². The Balaban J connectivity index is 2.01. The summed E-state index contributed by atoms with van der Waals surface area (Å²) < 4.78 is 21.4. The van der Waals surface area contributed by atoms with Crippen LogP contribution >= 0.6 is 0 Å². The lowest BCUT2D eigenvalue weighted by Crippen LogP contribution is -2.32. The van der Waals surface area contributed by atoms with Gasteiger partial charge in [-0.1, -0.05) is 0 Å². The minimum atomic E-state index is 0.0694. The van der Waals surface area contributed by atoms with E-state index in [0.29, 0.717) is 13.2 Å². The Kier molecular flexibility index (Phi) is 2.32. The highest BCUT2D eigenvalue weighted by molar-refractivity contribution is 4.95. The molecule has 70 valence electrons. The normalized spacial score (nSPS) is 46.5. The predicted molar refractivity (Wildman–Crippen MR) is 41.1 cm³/mol. The van der Waals surface area contributed by atoms with Crippen LogP contribution in [0.4, 0.5) is 0 Å². The summed E-state index contributed by atoms with van der Waals surface area (Å²) in [5.41, 5.74) is 0. The second kappa shape index (κ2) is 3.30. The fourth-order valence-electron chi connectivity index (χ4n) is 1.83. The van der Waals surface area contributed by atoms with Crippen LogP contribution in [-0.4, -0.2) is 51.8 Å². The molecule has 0 radical (unpaired) electrons. The molecule has 0 aromatic carbocycles. The van der Waals surface area contributed by atoms with E-state index in [2.05, 4.69) is 0 Å². The van der Waals surface area contributed by atoms with Gasteiger partial charge in [0.15, 0.2) is 0 Å². The molecule has 12 heavy (non-hydrogen) atoms. The van der Waals surface area contributed by atoms with Crippen LogP contribution in [0.25, 0.3) is 0 Å². The smallest absolute Gasteiger partial charge is 0.115 e. The molecule has 0 N–H and O–H groups in total. The average Bonchev–Trinajstić information content (AvgIpc) is 2.62. The number of hydrogen-bond acceptors (Lipinski definition) is 4. The number of hydrogen-bond donors (Lipinski definition) is 0. The third kappa shape index (κ3) is 1.15. The summed E-state index contributed by atoms with van der Waals surface area (Å²) in [6.45, 7) is 1.23. The van der Waals surface area contributed by atoms with Crippen LogP contribution < -0.4 is 0 Å².